The van der Waals surface area contributed by atoms with Crippen LogP contribution in [0.2, 0.25) is 0 Å². The molecule has 0 radical (unpaired) electrons. The van der Waals surface area contributed by atoms with Gasteiger partial charge in [0.05, 0.1) is 0 Å². The predicted molar refractivity (Wildman–Crippen MR) is 66.5 cm³/mol. The third-order valence-corrected chi connectivity index (χ3v) is 3.02. The molecule has 0 bridgehead atoms. The van der Waals surface area contributed by atoms with Crippen LogP contribution in [0, 0.1) is 0 Å². The maximum atomic E-state index is 11.8. The lowest BCUT2D eigenvalue weighted by atomic mass is 9.99. The summed E-state index contributed by atoms with van der Waals surface area (Å²) in [5.41, 5.74) is 8.95. The molecule has 4 heteroatoms. The van der Waals surface area contributed by atoms with Crippen LogP contribution in [0.4, 0.5) is 5.69 Å². The largest absolute Gasteiger partial charge is 0.399 e. The first-order valence-electron chi connectivity index (χ1n) is 5.93. The number of fused-ring (bicyclic) bond motifs is 1. The SMILES string of the molecule is CCOCC(=O)N1CCc2ccc(N)cc2C1. The van der Waals surface area contributed by atoms with E-state index in [4.69, 9.17) is 10.5 Å². The van der Waals surface area contributed by atoms with Crippen LogP contribution in [-0.4, -0.2) is 30.6 Å². The molecule has 1 aliphatic rings. The monoisotopic (exact) mass is 234 g/mol. The number of benzene rings is 1. The Balaban J connectivity index is 2.04. The summed E-state index contributed by atoms with van der Waals surface area (Å²) in [4.78, 5) is 13.7. The fraction of sp³-hybridized carbons (Fsp3) is 0.462. The van der Waals surface area contributed by atoms with Gasteiger partial charge in [0.25, 0.3) is 0 Å². The Labute approximate surface area is 101 Å². The second kappa shape index (κ2) is 5.19. The number of ether oxygens (including phenoxy) is 1. The minimum atomic E-state index is 0.0555. The number of carbonyl (C=O) groups is 1. The number of hydrogen-bond donors (Lipinski definition) is 1. The summed E-state index contributed by atoms with van der Waals surface area (Å²) in [6.07, 6.45) is 0.896. The average molecular weight is 234 g/mol. The van der Waals surface area contributed by atoms with Crippen molar-refractivity contribution in [3.8, 4) is 0 Å². The number of hydrogen-bond acceptors (Lipinski definition) is 3. The zero-order valence-electron chi connectivity index (χ0n) is 10.1. The molecule has 2 N–H and O–H groups in total. The summed E-state index contributed by atoms with van der Waals surface area (Å²) in [6.45, 7) is 4.05. The van der Waals surface area contributed by atoms with Gasteiger partial charge < -0.3 is 15.4 Å². The fourth-order valence-corrected chi connectivity index (χ4v) is 2.07. The molecule has 0 saturated heterocycles. The van der Waals surface area contributed by atoms with Crippen LogP contribution in [0.1, 0.15) is 18.1 Å². The van der Waals surface area contributed by atoms with E-state index < -0.39 is 0 Å². The Bertz CT molecular complexity index is 418. The smallest absolute Gasteiger partial charge is 0.248 e. The molecule has 1 aromatic rings. The van der Waals surface area contributed by atoms with Gasteiger partial charge in [-0.25, -0.2) is 0 Å². The number of rotatable bonds is 3. The molecule has 0 saturated carbocycles. The Morgan fingerprint density at radius 1 is 1.47 bits per heavy atom. The van der Waals surface area contributed by atoms with Crippen LogP contribution in [0.25, 0.3) is 0 Å². The third kappa shape index (κ3) is 2.77. The maximum Gasteiger partial charge on any atom is 0.248 e. The average Bonchev–Trinajstić information content (AvgIpc) is 2.35. The molecule has 0 spiro atoms. The van der Waals surface area contributed by atoms with E-state index >= 15 is 0 Å². The van der Waals surface area contributed by atoms with Crippen LogP contribution < -0.4 is 5.73 Å². The molecule has 17 heavy (non-hydrogen) atoms. The lowest BCUT2D eigenvalue weighted by Crippen LogP contribution is -2.38. The topological polar surface area (TPSA) is 55.6 Å². The van der Waals surface area contributed by atoms with Gasteiger partial charge in [0.1, 0.15) is 6.61 Å². The number of anilines is 1. The summed E-state index contributed by atoms with van der Waals surface area (Å²) in [7, 11) is 0. The van der Waals surface area contributed by atoms with E-state index in [-0.39, 0.29) is 12.5 Å². The van der Waals surface area contributed by atoms with E-state index in [0.717, 1.165) is 24.2 Å². The van der Waals surface area contributed by atoms with E-state index in [0.29, 0.717) is 13.2 Å². The molecule has 0 aliphatic carbocycles. The first kappa shape index (κ1) is 11.9. The van der Waals surface area contributed by atoms with Gasteiger partial charge in [-0.15, -0.1) is 0 Å². The first-order valence-corrected chi connectivity index (χ1v) is 5.93. The maximum absolute atomic E-state index is 11.8. The standard InChI is InChI=1S/C13H18N2O2/c1-2-17-9-13(16)15-6-5-10-3-4-12(14)7-11(10)8-15/h3-4,7H,2,5-6,8-9,14H2,1H3. The van der Waals surface area contributed by atoms with Crippen molar-refractivity contribution in [2.24, 2.45) is 0 Å². The van der Waals surface area contributed by atoms with Crippen molar-refractivity contribution in [2.45, 2.75) is 19.9 Å². The molecule has 0 aromatic heterocycles. The summed E-state index contributed by atoms with van der Waals surface area (Å²) < 4.78 is 5.14. The number of amides is 1. The summed E-state index contributed by atoms with van der Waals surface area (Å²) >= 11 is 0. The zero-order chi connectivity index (χ0) is 12.3. The van der Waals surface area contributed by atoms with Gasteiger partial charge in [-0.3, -0.25) is 4.79 Å². The lowest BCUT2D eigenvalue weighted by Gasteiger charge is -2.29. The van der Waals surface area contributed by atoms with E-state index in [2.05, 4.69) is 6.07 Å². The molecule has 1 aromatic carbocycles. The highest BCUT2D eigenvalue weighted by Gasteiger charge is 2.20. The van der Waals surface area contributed by atoms with Gasteiger partial charge >= 0.3 is 0 Å². The van der Waals surface area contributed by atoms with Gasteiger partial charge in [-0.1, -0.05) is 6.07 Å². The van der Waals surface area contributed by atoms with Crippen molar-refractivity contribution in [3.05, 3.63) is 29.3 Å². The lowest BCUT2D eigenvalue weighted by molar-refractivity contribution is -0.136. The summed E-state index contributed by atoms with van der Waals surface area (Å²) in [6, 6.07) is 5.92. The van der Waals surface area contributed by atoms with Crippen LogP contribution in [0.5, 0.6) is 0 Å². The molecule has 1 amide bonds. The molecule has 0 unspecified atom stereocenters. The second-order valence-electron chi connectivity index (χ2n) is 4.23. The quantitative estimate of drug-likeness (QED) is 0.799. The Morgan fingerprint density at radius 2 is 2.29 bits per heavy atom. The van der Waals surface area contributed by atoms with E-state index in [1.807, 2.05) is 24.0 Å². The first-order chi connectivity index (χ1) is 8.20. The van der Waals surface area contributed by atoms with Crippen molar-refractivity contribution < 1.29 is 9.53 Å². The van der Waals surface area contributed by atoms with Crippen molar-refractivity contribution in [2.75, 3.05) is 25.5 Å². The molecule has 2 rings (SSSR count). The van der Waals surface area contributed by atoms with E-state index in [1.165, 1.54) is 5.56 Å². The molecule has 4 nitrogen and oxygen atoms in total. The number of nitrogens with zero attached hydrogens (tertiary/aromatic N) is 1. The minimum Gasteiger partial charge on any atom is -0.399 e. The highest BCUT2D eigenvalue weighted by Crippen LogP contribution is 2.21. The van der Waals surface area contributed by atoms with Crippen LogP contribution in [-0.2, 0) is 22.5 Å². The Hall–Kier alpha value is -1.55. The Morgan fingerprint density at radius 3 is 3.06 bits per heavy atom. The highest BCUT2D eigenvalue weighted by atomic mass is 16.5. The van der Waals surface area contributed by atoms with Crippen molar-refractivity contribution in [1.82, 2.24) is 4.90 Å². The second-order valence-corrected chi connectivity index (χ2v) is 4.23. The predicted octanol–water partition coefficient (Wildman–Crippen LogP) is 1.19. The molecule has 92 valence electrons. The van der Waals surface area contributed by atoms with Crippen molar-refractivity contribution >= 4 is 11.6 Å². The van der Waals surface area contributed by atoms with Gasteiger partial charge in [0.15, 0.2) is 0 Å². The highest BCUT2D eigenvalue weighted by molar-refractivity contribution is 5.77. The van der Waals surface area contributed by atoms with Crippen LogP contribution in [0.15, 0.2) is 18.2 Å². The van der Waals surface area contributed by atoms with Crippen molar-refractivity contribution in [1.29, 1.82) is 0 Å². The van der Waals surface area contributed by atoms with E-state index in [1.54, 1.807) is 0 Å². The summed E-state index contributed by atoms with van der Waals surface area (Å²) in [5, 5.41) is 0. The number of nitrogen functional groups attached to an aromatic ring is 1. The molecular formula is C13H18N2O2. The number of nitrogens with two attached hydrogens (primary N) is 1. The van der Waals surface area contributed by atoms with Gasteiger partial charge in [0.2, 0.25) is 5.91 Å². The molecule has 0 fully saturated rings. The normalized spacial score (nSPS) is 14.5. The van der Waals surface area contributed by atoms with Gasteiger partial charge in [-0.2, -0.15) is 0 Å². The van der Waals surface area contributed by atoms with Crippen LogP contribution >= 0.6 is 0 Å². The van der Waals surface area contributed by atoms with Crippen molar-refractivity contribution in [3.63, 3.8) is 0 Å². The fourth-order valence-electron chi connectivity index (χ4n) is 2.07. The van der Waals surface area contributed by atoms with Crippen LogP contribution in [0.3, 0.4) is 0 Å². The summed E-state index contributed by atoms with van der Waals surface area (Å²) in [5.74, 6) is 0.0555. The molecule has 1 aliphatic heterocycles. The van der Waals surface area contributed by atoms with E-state index in [9.17, 15) is 4.79 Å². The molecular weight excluding hydrogens is 216 g/mol. The number of carbonyl (C=O) groups excluding carboxylic acids is 1. The zero-order valence-corrected chi connectivity index (χ0v) is 10.1. The minimum absolute atomic E-state index is 0.0555. The van der Waals surface area contributed by atoms with Gasteiger partial charge in [0, 0.05) is 25.4 Å². The Kier molecular flexibility index (Phi) is 3.64. The molecule has 1 heterocycles. The van der Waals surface area contributed by atoms with Gasteiger partial charge in [-0.05, 0) is 36.6 Å². The third-order valence-electron chi connectivity index (χ3n) is 3.02. The molecule has 0 atom stereocenters.